The summed E-state index contributed by atoms with van der Waals surface area (Å²) in [6, 6.07) is 2.93. The Morgan fingerprint density at radius 2 is 2.05 bits per heavy atom. The van der Waals surface area contributed by atoms with Crippen molar-refractivity contribution >= 4 is 23.4 Å². The van der Waals surface area contributed by atoms with Crippen molar-refractivity contribution in [2.75, 3.05) is 10.6 Å². The van der Waals surface area contributed by atoms with E-state index < -0.39 is 12.0 Å². The molecule has 0 bridgehead atoms. The fourth-order valence-electron chi connectivity index (χ4n) is 1.38. The number of hydrogen-bond donors (Lipinski definition) is 3. The molecule has 0 atom stereocenters. The van der Waals surface area contributed by atoms with Crippen molar-refractivity contribution in [2.24, 2.45) is 0 Å². The second-order valence-electron chi connectivity index (χ2n) is 3.64. The van der Waals surface area contributed by atoms with Gasteiger partial charge in [-0.1, -0.05) is 0 Å². The summed E-state index contributed by atoms with van der Waals surface area (Å²) in [7, 11) is 0. The van der Waals surface area contributed by atoms with E-state index >= 15 is 0 Å². The van der Waals surface area contributed by atoms with Gasteiger partial charge in [0, 0.05) is 12.4 Å². The molecule has 2 aromatic heterocycles. The van der Waals surface area contributed by atoms with Crippen LogP contribution in [0.1, 0.15) is 0 Å². The van der Waals surface area contributed by atoms with Crippen LogP contribution in [0.25, 0.3) is 0 Å². The third-order valence-corrected chi connectivity index (χ3v) is 2.11. The molecule has 0 aliphatic heterocycles. The number of carboxylic acid groups (broad SMARTS) is 1. The first-order valence-corrected chi connectivity index (χ1v) is 5.36. The van der Waals surface area contributed by atoms with Crippen molar-refractivity contribution in [1.29, 1.82) is 0 Å². The van der Waals surface area contributed by atoms with Crippen molar-refractivity contribution in [3.05, 3.63) is 36.9 Å². The summed E-state index contributed by atoms with van der Waals surface area (Å²) in [6.45, 7) is -0.258. The molecule has 0 saturated heterocycles. The van der Waals surface area contributed by atoms with Crippen molar-refractivity contribution in [2.45, 2.75) is 6.54 Å². The summed E-state index contributed by atoms with van der Waals surface area (Å²) < 4.78 is 1.21. The molecule has 19 heavy (non-hydrogen) atoms. The number of nitrogens with one attached hydrogen (secondary N) is 2. The smallest absolute Gasteiger partial charge is 0.325 e. The van der Waals surface area contributed by atoms with Crippen LogP contribution in [0.3, 0.4) is 0 Å². The summed E-state index contributed by atoms with van der Waals surface area (Å²) in [5, 5.41) is 17.5. The minimum atomic E-state index is -1.01. The molecule has 2 aromatic rings. The van der Waals surface area contributed by atoms with Crippen LogP contribution in [-0.2, 0) is 11.3 Å². The summed E-state index contributed by atoms with van der Waals surface area (Å²) in [5.41, 5.74) is 0.959. The maximum atomic E-state index is 11.6. The average molecular weight is 261 g/mol. The van der Waals surface area contributed by atoms with Gasteiger partial charge >= 0.3 is 12.0 Å². The fourth-order valence-corrected chi connectivity index (χ4v) is 1.38. The number of anilines is 2. The lowest BCUT2D eigenvalue weighted by Gasteiger charge is -2.04. The number of nitrogens with zero attached hydrogens (tertiary/aromatic N) is 3. The molecule has 3 N–H and O–H groups in total. The highest BCUT2D eigenvalue weighted by Crippen LogP contribution is 2.07. The van der Waals surface area contributed by atoms with Crippen LogP contribution in [0.5, 0.6) is 0 Å². The van der Waals surface area contributed by atoms with Crippen molar-refractivity contribution in [1.82, 2.24) is 14.8 Å². The number of rotatable bonds is 4. The number of pyridine rings is 1. The highest BCUT2D eigenvalue weighted by Gasteiger charge is 2.06. The van der Waals surface area contributed by atoms with E-state index in [4.69, 9.17) is 5.11 Å². The molecule has 0 spiro atoms. The molecule has 0 fully saturated rings. The maximum absolute atomic E-state index is 11.6. The van der Waals surface area contributed by atoms with Crippen LogP contribution in [0.4, 0.5) is 16.2 Å². The Labute approximate surface area is 108 Å². The number of aromatic nitrogens is 3. The fraction of sp³-hybridized carbons (Fsp3) is 0.0909. The number of hydrogen-bond acceptors (Lipinski definition) is 4. The van der Waals surface area contributed by atoms with Gasteiger partial charge in [0.2, 0.25) is 0 Å². The topological polar surface area (TPSA) is 109 Å². The number of carbonyl (C=O) groups excluding carboxylic acids is 1. The van der Waals surface area contributed by atoms with Gasteiger partial charge in [0.25, 0.3) is 0 Å². The van der Waals surface area contributed by atoms with Crippen LogP contribution in [0.2, 0.25) is 0 Å². The van der Waals surface area contributed by atoms with E-state index in [1.165, 1.54) is 23.3 Å². The molecule has 2 heterocycles. The summed E-state index contributed by atoms with van der Waals surface area (Å²) in [5.74, 6) is -1.01. The lowest BCUT2D eigenvalue weighted by molar-refractivity contribution is -0.137. The Balaban J connectivity index is 1.92. The Morgan fingerprint density at radius 3 is 2.74 bits per heavy atom. The van der Waals surface area contributed by atoms with Crippen LogP contribution in [0, 0.1) is 0 Å². The zero-order chi connectivity index (χ0) is 13.7. The third-order valence-electron chi connectivity index (χ3n) is 2.11. The van der Waals surface area contributed by atoms with E-state index in [0.29, 0.717) is 11.4 Å². The van der Waals surface area contributed by atoms with E-state index in [2.05, 4.69) is 20.7 Å². The quantitative estimate of drug-likeness (QED) is 0.760. The molecule has 0 saturated carbocycles. The number of carbonyl (C=O) groups is 2. The second-order valence-corrected chi connectivity index (χ2v) is 3.64. The SMILES string of the molecule is O=C(O)Cn1cc(NC(=O)Nc2cccnc2)cn1. The molecular formula is C11H11N5O3. The maximum Gasteiger partial charge on any atom is 0.325 e. The summed E-state index contributed by atoms with van der Waals surface area (Å²) >= 11 is 0. The number of urea groups is 1. The number of aliphatic carboxylic acids is 1. The van der Waals surface area contributed by atoms with E-state index in [-0.39, 0.29) is 6.54 Å². The minimum Gasteiger partial charge on any atom is -0.480 e. The molecule has 2 amide bonds. The molecular weight excluding hydrogens is 250 g/mol. The normalized spacial score (nSPS) is 9.89. The van der Waals surface area contributed by atoms with E-state index in [9.17, 15) is 9.59 Å². The molecule has 2 rings (SSSR count). The predicted molar refractivity (Wildman–Crippen MR) is 66.7 cm³/mol. The summed E-state index contributed by atoms with van der Waals surface area (Å²) in [6.07, 6.45) is 5.90. The Morgan fingerprint density at radius 1 is 1.26 bits per heavy atom. The van der Waals surface area contributed by atoms with Crippen molar-refractivity contribution < 1.29 is 14.7 Å². The van der Waals surface area contributed by atoms with Gasteiger partial charge in [-0.25, -0.2) is 4.79 Å². The average Bonchev–Trinajstić information content (AvgIpc) is 2.76. The zero-order valence-electron chi connectivity index (χ0n) is 9.78. The van der Waals surface area contributed by atoms with E-state index in [1.54, 1.807) is 18.3 Å². The van der Waals surface area contributed by atoms with Gasteiger partial charge in [0.1, 0.15) is 6.54 Å². The molecule has 8 heteroatoms. The van der Waals surface area contributed by atoms with Gasteiger partial charge in [-0.3, -0.25) is 14.5 Å². The molecule has 0 radical (unpaired) electrons. The first kappa shape index (κ1) is 12.6. The van der Waals surface area contributed by atoms with Crippen molar-refractivity contribution in [3.8, 4) is 0 Å². The standard InChI is InChI=1S/C11H11N5O3/c17-10(18)7-16-6-9(5-13-16)15-11(19)14-8-2-1-3-12-4-8/h1-6H,7H2,(H,17,18)(H2,14,15,19). The van der Waals surface area contributed by atoms with Gasteiger partial charge in [-0.05, 0) is 12.1 Å². The van der Waals surface area contributed by atoms with Crippen LogP contribution >= 0.6 is 0 Å². The van der Waals surface area contributed by atoms with Gasteiger partial charge in [-0.2, -0.15) is 5.10 Å². The second kappa shape index (κ2) is 5.63. The first-order chi connectivity index (χ1) is 9.13. The highest BCUT2D eigenvalue weighted by atomic mass is 16.4. The molecule has 0 unspecified atom stereocenters. The Kier molecular flexibility index (Phi) is 3.72. The number of amides is 2. The first-order valence-electron chi connectivity index (χ1n) is 5.36. The van der Waals surface area contributed by atoms with Gasteiger partial charge in [-0.15, -0.1) is 0 Å². The predicted octanol–water partition coefficient (Wildman–Crippen LogP) is 1.01. The van der Waals surface area contributed by atoms with Crippen LogP contribution in [0.15, 0.2) is 36.9 Å². The Bertz CT molecular complexity index is 581. The molecule has 0 aliphatic rings. The minimum absolute atomic E-state index is 0.258. The lowest BCUT2D eigenvalue weighted by Crippen LogP contribution is -2.19. The number of carboxylic acids is 1. The largest absolute Gasteiger partial charge is 0.480 e. The van der Waals surface area contributed by atoms with Crippen molar-refractivity contribution in [3.63, 3.8) is 0 Å². The molecule has 8 nitrogen and oxygen atoms in total. The highest BCUT2D eigenvalue weighted by molar-refractivity contribution is 5.99. The lowest BCUT2D eigenvalue weighted by atomic mass is 10.4. The molecule has 0 aromatic carbocycles. The Hall–Kier alpha value is -2.90. The van der Waals surface area contributed by atoms with Crippen LogP contribution in [-0.4, -0.2) is 31.9 Å². The van der Waals surface area contributed by atoms with Gasteiger partial charge in [0.15, 0.2) is 0 Å². The third kappa shape index (κ3) is 3.80. The van der Waals surface area contributed by atoms with Gasteiger partial charge < -0.3 is 15.7 Å². The van der Waals surface area contributed by atoms with Crippen LogP contribution < -0.4 is 10.6 Å². The van der Waals surface area contributed by atoms with E-state index in [0.717, 1.165) is 0 Å². The van der Waals surface area contributed by atoms with E-state index in [1.807, 2.05) is 0 Å². The molecule has 98 valence electrons. The summed E-state index contributed by atoms with van der Waals surface area (Å²) in [4.78, 5) is 25.9. The van der Waals surface area contributed by atoms with Gasteiger partial charge in [0.05, 0.1) is 23.8 Å². The molecule has 0 aliphatic carbocycles. The zero-order valence-corrected chi connectivity index (χ0v) is 9.78. The monoisotopic (exact) mass is 261 g/mol.